The Morgan fingerprint density at radius 1 is 1.16 bits per heavy atom. The maximum Gasteiger partial charge on any atom is 0.260 e. The lowest BCUT2D eigenvalue weighted by molar-refractivity contribution is -0.121. The minimum absolute atomic E-state index is 0.0543. The number of hydrogen-bond donors (Lipinski definition) is 3. The molecule has 10 heteroatoms. The van der Waals surface area contributed by atoms with Gasteiger partial charge < -0.3 is 25.4 Å². The van der Waals surface area contributed by atoms with E-state index in [9.17, 15) is 4.79 Å². The Bertz CT molecular complexity index is 898. The van der Waals surface area contributed by atoms with Gasteiger partial charge in [0.25, 0.3) is 5.91 Å². The Kier molecular flexibility index (Phi) is 7.83. The molecule has 2 heterocycles. The molecule has 1 fully saturated rings. The number of methoxy groups -OCH3 is 2. The summed E-state index contributed by atoms with van der Waals surface area (Å²) in [5.74, 6) is 0.347. The first kappa shape index (κ1) is 23.4. The first-order valence-corrected chi connectivity index (χ1v) is 10.8. The van der Waals surface area contributed by atoms with Crippen molar-refractivity contribution >= 4 is 40.5 Å². The Balaban J connectivity index is 1.92. The highest BCUT2D eigenvalue weighted by molar-refractivity contribution is 6.43. The third-order valence-corrected chi connectivity index (χ3v) is 6.16. The average molecular weight is 468 g/mol. The summed E-state index contributed by atoms with van der Waals surface area (Å²) >= 11 is 13.1. The lowest BCUT2D eigenvalue weighted by Crippen LogP contribution is -2.45. The van der Waals surface area contributed by atoms with Crippen LogP contribution in [0.4, 0.5) is 0 Å². The summed E-state index contributed by atoms with van der Waals surface area (Å²) in [4.78, 5) is 17.2. The molecule has 1 aromatic rings. The molecule has 0 aliphatic carbocycles. The van der Waals surface area contributed by atoms with Crippen LogP contribution < -0.4 is 20.5 Å². The summed E-state index contributed by atoms with van der Waals surface area (Å²) in [5.41, 5.74) is 6.70. The van der Waals surface area contributed by atoms with Gasteiger partial charge in [0.05, 0.1) is 29.8 Å². The molecule has 1 aromatic carbocycles. The van der Waals surface area contributed by atoms with E-state index in [4.69, 9.17) is 43.8 Å². The number of piperazine rings is 1. The molecule has 3 rings (SSSR count). The monoisotopic (exact) mass is 467 g/mol. The number of halogens is 2. The molecule has 1 amide bonds. The van der Waals surface area contributed by atoms with Crippen molar-refractivity contribution in [2.75, 3.05) is 53.5 Å². The maximum absolute atomic E-state index is 13.4. The number of amidine groups is 1. The minimum atomic E-state index is -0.366. The number of hydrogen-bond acceptors (Lipinski definition) is 7. The van der Waals surface area contributed by atoms with Crippen LogP contribution in [0.15, 0.2) is 23.9 Å². The zero-order valence-electron chi connectivity index (χ0n) is 17.6. The van der Waals surface area contributed by atoms with E-state index in [0.29, 0.717) is 29.2 Å². The normalized spacial score (nSPS) is 19.0. The van der Waals surface area contributed by atoms with Crippen LogP contribution in [0, 0.1) is 5.41 Å². The first-order valence-electron chi connectivity index (χ1n) is 10.0. The minimum Gasteiger partial charge on any atom is -0.495 e. The number of benzene rings is 1. The molecular formula is C21H27Cl2N5O3. The van der Waals surface area contributed by atoms with Crippen LogP contribution in [-0.2, 0) is 4.79 Å². The van der Waals surface area contributed by atoms with Crippen molar-refractivity contribution in [1.29, 1.82) is 5.41 Å². The van der Waals surface area contributed by atoms with Crippen molar-refractivity contribution in [2.45, 2.75) is 6.42 Å². The van der Waals surface area contributed by atoms with E-state index < -0.39 is 0 Å². The highest BCUT2D eigenvalue weighted by Crippen LogP contribution is 2.45. The number of nitrogens with zero attached hydrogens (tertiary/aromatic N) is 2. The highest BCUT2D eigenvalue weighted by atomic mass is 35.5. The van der Waals surface area contributed by atoms with Crippen LogP contribution in [0.25, 0.3) is 5.57 Å². The second-order valence-electron chi connectivity index (χ2n) is 7.21. The van der Waals surface area contributed by atoms with Gasteiger partial charge in [-0.25, -0.2) is 0 Å². The van der Waals surface area contributed by atoms with Gasteiger partial charge in [-0.1, -0.05) is 23.2 Å². The van der Waals surface area contributed by atoms with Crippen LogP contribution in [0.1, 0.15) is 12.0 Å². The molecule has 2 aliphatic heterocycles. The molecular weight excluding hydrogens is 441 g/mol. The van der Waals surface area contributed by atoms with E-state index in [1.807, 2.05) is 0 Å². The van der Waals surface area contributed by atoms with E-state index in [2.05, 4.69) is 10.2 Å². The molecule has 4 N–H and O–H groups in total. The van der Waals surface area contributed by atoms with Gasteiger partial charge >= 0.3 is 0 Å². The standard InChI is InChI=1S/C21H27Cl2N5O3/c1-30-15-11-16(31-2)19(23)17(18(15)22)14-10-13(12-24)20(25)28(21(14)29)7-3-6-27-8-4-26-5-9-27/h10-12,25-26H,3-9,24H2,1-2H3/b13-12-,25-20?. The zero-order valence-corrected chi connectivity index (χ0v) is 19.1. The predicted octanol–water partition coefficient (Wildman–Crippen LogP) is 2.35. The van der Waals surface area contributed by atoms with Crippen molar-refractivity contribution < 1.29 is 14.3 Å². The van der Waals surface area contributed by atoms with E-state index in [1.165, 1.54) is 31.4 Å². The van der Waals surface area contributed by atoms with Crippen molar-refractivity contribution in [3.05, 3.63) is 39.5 Å². The average Bonchev–Trinajstić information content (AvgIpc) is 2.78. The molecule has 0 bridgehead atoms. The van der Waals surface area contributed by atoms with Crippen molar-refractivity contribution in [3.8, 4) is 11.5 Å². The summed E-state index contributed by atoms with van der Waals surface area (Å²) < 4.78 is 10.7. The Morgan fingerprint density at radius 2 is 1.77 bits per heavy atom. The number of amides is 1. The van der Waals surface area contributed by atoms with Gasteiger partial charge in [0.15, 0.2) is 0 Å². The first-order chi connectivity index (χ1) is 14.9. The number of nitrogens with two attached hydrogens (primary N) is 1. The fourth-order valence-electron chi connectivity index (χ4n) is 3.72. The van der Waals surface area contributed by atoms with Gasteiger partial charge in [-0.15, -0.1) is 0 Å². The molecule has 1 saturated heterocycles. The lowest BCUT2D eigenvalue weighted by Gasteiger charge is -2.32. The van der Waals surface area contributed by atoms with E-state index in [0.717, 1.165) is 39.1 Å². The topological polar surface area (TPSA) is 104 Å². The smallest absolute Gasteiger partial charge is 0.260 e. The van der Waals surface area contributed by atoms with Crippen LogP contribution in [0.3, 0.4) is 0 Å². The molecule has 2 aliphatic rings. The molecule has 8 nitrogen and oxygen atoms in total. The van der Waals surface area contributed by atoms with Gasteiger partial charge in [0.2, 0.25) is 0 Å². The van der Waals surface area contributed by atoms with Gasteiger partial charge in [-0.05, 0) is 19.0 Å². The van der Waals surface area contributed by atoms with Gasteiger partial charge in [-0.3, -0.25) is 15.1 Å². The number of ether oxygens (including phenoxy) is 2. The quantitative estimate of drug-likeness (QED) is 0.568. The van der Waals surface area contributed by atoms with Gasteiger partial charge in [-0.2, -0.15) is 0 Å². The van der Waals surface area contributed by atoms with Crippen molar-refractivity contribution in [2.24, 2.45) is 5.73 Å². The van der Waals surface area contributed by atoms with Crippen LogP contribution in [-0.4, -0.2) is 75.0 Å². The molecule has 0 unspecified atom stereocenters. The molecule has 0 atom stereocenters. The summed E-state index contributed by atoms with van der Waals surface area (Å²) in [6, 6.07) is 1.56. The molecule has 0 saturated carbocycles. The number of carbonyl (C=O) groups is 1. The SMILES string of the molecule is COc1cc(OC)c(Cl)c(C2=C/C(=C/N)C(=N)N(CCCN3CCNCC3)C2=O)c1Cl. The van der Waals surface area contributed by atoms with E-state index in [1.54, 1.807) is 6.07 Å². The van der Waals surface area contributed by atoms with Crippen LogP contribution >= 0.6 is 23.2 Å². The van der Waals surface area contributed by atoms with Crippen molar-refractivity contribution in [3.63, 3.8) is 0 Å². The van der Waals surface area contributed by atoms with Crippen LogP contribution in [0.5, 0.6) is 11.5 Å². The van der Waals surface area contributed by atoms with Gasteiger partial charge in [0, 0.05) is 56.1 Å². The third kappa shape index (κ3) is 4.82. The summed E-state index contributed by atoms with van der Waals surface area (Å²) in [6.45, 7) is 5.08. The van der Waals surface area contributed by atoms with E-state index in [-0.39, 0.29) is 27.4 Å². The van der Waals surface area contributed by atoms with E-state index >= 15 is 0 Å². The summed E-state index contributed by atoms with van der Waals surface area (Å²) in [7, 11) is 2.94. The molecule has 0 spiro atoms. The molecule has 31 heavy (non-hydrogen) atoms. The summed E-state index contributed by atoms with van der Waals surface area (Å²) in [5, 5.41) is 12.2. The van der Waals surface area contributed by atoms with Gasteiger partial charge in [0.1, 0.15) is 17.3 Å². The largest absolute Gasteiger partial charge is 0.495 e. The fraction of sp³-hybridized carbons (Fsp3) is 0.429. The van der Waals surface area contributed by atoms with Crippen LogP contribution in [0.2, 0.25) is 10.0 Å². The number of carbonyl (C=O) groups excluding carboxylic acids is 1. The third-order valence-electron chi connectivity index (χ3n) is 5.41. The Morgan fingerprint density at radius 3 is 2.32 bits per heavy atom. The summed E-state index contributed by atoms with van der Waals surface area (Å²) in [6.07, 6.45) is 3.56. The molecule has 168 valence electrons. The van der Waals surface area contributed by atoms with Crippen molar-refractivity contribution in [1.82, 2.24) is 15.1 Å². The fourth-order valence-corrected chi connectivity index (χ4v) is 4.42. The zero-order chi connectivity index (χ0) is 22.5. The second kappa shape index (κ2) is 10.4. The molecule has 0 radical (unpaired) electrons. The predicted molar refractivity (Wildman–Crippen MR) is 123 cm³/mol. The number of rotatable bonds is 7. The lowest BCUT2D eigenvalue weighted by atomic mass is 9.96. The number of nitrogens with one attached hydrogen (secondary N) is 2. The second-order valence-corrected chi connectivity index (χ2v) is 7.97. The highest BCUT2D eigenvalue weighted by Gasteiger charge is 2.33. The maximum atomic E-state index is 13.4. The Hall–Kier alpha value is -2.26. The molecule has 0 aromatic heterocycles. The Labute approximate surface area is 192 Å².